The van der Waals surface area contributed by atoms with E-state index in [1.165, 1.54) is 40.4 Å². The second-order valence-corrected chi connectivity index (χ2v) is 9.90. The van der Waals surface area contributed by atoms with Gasteiger partial charge in [-0.15, -0.1) is 21.5 Å². The van der Waals surface area contributed by atoms with Crippen LogP contribution >= 0.6 is 23.1 Å². The number of Topliss-reactive ketones (excluding diaryl/α,β-unsaturated/α-hetero) is 1. The minimum Gasteiger partial charge on any atom is -0.360 e. The van der Waals surface area contributed by atoms with Crippen molar-refractivity contribution in [2.75, 3.05) is 5.75 Å². The maximum Gasteiger partial charge on any atom is 0.197 e. The number of thiophene rings is 1. The van der Waals surface area contributed by atoms with Gasteiger partial charge in [0.05, 0.1) is 11.1 Å². The molecular weight excluding hydrogens is 426 g/mol. The standard InChI is InChI=1S/C23H21N5OS2/c1-2-19-25-22-20(14-8-4-6-10-18(14)31-22)21-26-27-23(28(19)21)30-12-17(29)15-11-24-16-9-5-3-7-13(15)16/h3,5,7,9,11,24H,2,4,6,8,10,12H2,1H3. The molecule has 0 radical (unpaired) electrons. The fourth-order valence-electron chi connectivity index (χ4n) is 4.53. The van der Waals surface area contributed by atoms with Gasteiger partial charge in [-0.05, 0) is 37.3 Å². The second-order valence-electron chi connectivity index (χ2n) is 7.87. The molecule has 0 aliphatic heterocycles. The Balaban J connectivity index is 1.38. The molecule has 1 N–H and O–H groups in total. The number of nitrogens with one attached hydrogen (secondary N) is 1. The second kappa shape index (κ2) is 7.46. The molecule has 6 rings (SSSR count). The van der Waals surface area contributed by atoms with E-state index in [9.17, 15) is 4.79 Å². The molecule has 8 heteroatoms. The number of aromatic nitrogens is 5. The Labute approximate surface area is 187 Å². The number of para-hydroxylation sites is 1. The first kappa shape index (κ1) is 19.0. The zero-order valence-corrected chi connectivity index (χ0v) is 18.8. The van der Waals surface area contributed by atoms with Gasteiger partial charge in [-0.1, -0.05) is 36.9 Å². The summed E-state index contributed by atoms with van der Waals surface area (Å²) in [5.41, 5.74) is 4.00. The number of benzene rings is 1. The smallest absolute Gasteiger partial charge is 0.197 e. The molecule has 0 amide bonds. The van der Waals surface area contributed by atoms with Crippen LogP contribution in [-0.2, 0) is 19.3 Å². The number of carbonyl (C=O) groups excluding carboxylic acids is 1. The van der Waals surface area contributed by atoms with Gasteiger partial charge in [-0.2, -0.15) is 0 Å². The Bertz CT molecular complexity index is 1460. The summed E-state index contributed by atoms with van der Waals surface area (Å²) < 4.78 is 2.07. The molecule has 0 fully saturated rings. The molecule has 1 aliphatic rings. The van der Waals surface area contributed by atoms with Gasteiger partial charge in [0.1, 0.15) is 10.7 Å². The first-order valence-corrected chi connectivity index (χ1v) is 12.4. The Hall–Kier alpha value is -2.71. The van der Waals surface area contributed by atoms with Gasteiger partial charge in [-0.25, -0.2) is 4.98 Å². The zero-order valence-electron chi connectivity index (χ0n) is 17.1. The fourth-order valence-corrected chi connectivity index (χ4v) is 6.64. The number of hydrogen-bond acceptors (Lipinski definition) is 6. The van der Waals surface area contributed by atoms with Crippen LogP contribution in [0.15, 0.2) is 35.6 Å². The third kappa shape index (κ3) is 3.00. The van der Waals surface area contributed by atoms with Gasteiger partial charge in [0.2, 0.25) is 0 Å². The highest BCUT2D eigenvalue weighted by atomic mass is 32.2. The molecule has 31 heavy (non-hydrogen) atoms. The van der Waals surface area contributed by atoms with E-state index < -0.39 is 0 Å². The molecule has 0 saturated heterocycles. The highest BCUT2D eigenvalue weighted by Gasteiger charge is 2.23. The lowest BCUT2D eigenvalue weighted by Crippen LogP contribution is -2.05. The third-order valence-corrected chi connectivity index (χ3v) is 8.15. The molecule has 1 aliphatic carbocycles. The number of ketones is 1. The van der Waals surface area contributed by atoms with E-state index in [-0.39, 0.29) is 5.78 Å². The molecule has 4 aromatic heterocycles. The van der Waals surface area contributed by atoms with Crippen molar-refractivity contribution in [2.24, 2.45) is 0 Å². The maximum absolute atomic E-state index is 13.0. The van der Waals surface area contributed by atoms with E-state index in [1.807, 2.05) is 35.6 Å². The first-order chi connectivity index (χ1) is 15.2. The van der Waals surface area contributed by atoms with Crippen molar-refractivity contribution < 1.29 is 4.79 Å². The molecule has 1 aromatic carbocycles. The third-order valence-electron chi connectivity index (χ3n) is 6.04. The molecule has 0 atom stereocenters. The van der Waals surface area contributed by atoms with Crippen LogP contribution in [0.3, 0.4) is 0 Å². The van der Waals surface area contributed by atoms with Crippen molar-refractivity contribution >= 4 is 55.6 Å². The van der Waals surface area contributed by atoms with Crippen LogP contribution < -0.4 is 0 Å². The Morgan fingerprint density at radius 3 is 3.00 bits per heavy atom. The van der Waals surface area contributed by atoms with Crippen molar-refractivity contribution in [1.29, 1.82) is 0 Å². The molecule has 0 saturated carbocycles. The number of fused-ring (bicyclic) bond motifs is 6. The van der Waals surface area contributed by atoms with Crippen LogP contribution in [0.5, 0.6) is 0 Å². The summed E-state index contributed by atoms with van der Waals surface area (Å²) >= 11 is 3.25. The van der Waals surface area contributed by atoms with Gasteiger partial charge in [0.25, 0.3) is 0 Å². The highest BCUT2D eigenvalue weighted by molar-refractivity contribution is 7.99. The SMILES string of the molecule is CCc1nc2sc3c(c2c2nnc(SCC(=O)c4c[nH]c5ccccc45)n12)CCCC3. The fraction of sp³-hybridized carbons (Fsp3) is 0.304. The lowest BCUT2D eigenvalue weighted by Gasteiger charge is -2.10. The van der Waals surface area contributed by atoms with E-state index in [2.05, 4.69) is 26.5 Å². The summed E-state index contributed by atoms with van der Waals surface area (Å²) in [6.07, 6.45) is 7.29. The van der Waals surface area contributed by atoms with Gasteiger partial charge in [0, 0.05) is 34.0 Å². The van der Waals surface area contributed by atoms with Crippen molar-refractivity contribution in [2.45, 2.75) is 44.2 Å². The van der Waals surface area contributed by atoms with E-state index >= 15 is 0 Å². The summed E-state index contributed by atoms with van der Waals surface area (Å²) in [6, 6.07) is 7.88. The molecule has 0 unspecified atom stereocenters. The largest absolute Gasteiger partial charge is 0.360 e. The summed E-state index contributed by atoms with van der Waals surface area (Å²) in [4.78, 5) is 23.6. The molecular formula is C23H21N5OS2. The van der Waals surface area contributed by atoms with Crippen molar-refractivity contribution in [3.63, 3.8) is 0 Å². The lowest BCUT2D eigenvalue weighted by atomic mass is 9.97. The quantitative estimate of drug-likeness (QED) is 0.295. The minimum absolute atomic E-state index is 0.0826. The van der Waals surface area contributed by atoms with Gasteiger partial charge in [0.15, 0.2) is 16.6 Å². The maximum atomic E-state index is 13.0. The van der Waals surface area contributed by atoms with E-state index in [1.54, 1.807) is 6.20 Å². The van der Waals surface area contributed by atoms with E-state index in [0.717, 1.165) is 57.2 Å². The molecule has 156 valence electrons. The van der Waals surface area contributed by atoms with Crippen LogP contribution in [0.25, 0.3) is 26.8 Å². The topological polar surface area (TPSA) is 75.9 Å². The normalized spacial score (nSPS) is 14.0. The highest BCUT2D eigenvalue weighted by Crippen LogP contribution is 2.38. The van der Waals surface area contributed by atoms with Crippen LogP contribution in [-0.4, -0.2) is 36.1 Å². The predicted octanol–water partition coefficient (Wildman–Crippen LogP) is 5.24. The van der Waals surface area contributed by atoms with Gasteiger partial charge in [-0.3, -0.25) is 9.20 Å². The molecule has 4 heterocycles. The van der Waals surface area contributed by atoms with Crippen LogP contribution in [0.1, 0.15) is 46.4 Å². The number of hydrogen-bond donors (Lipinski definition) is 1. The number of aromatic amines is 1. The number of thioether (sulfide) groups is 1. The van der Waals surface area contributed by atoms with Crippen molar-refractivity contribution in [3.05, 3.63) is 52.3 Å². The molecule has 0 bridgehead atoms. The number of H-pyrrole nitrogens is 1. The molecule has 6 nitrogen and oxygen atoms in total. The average Bonchev–Trinajstić information content (AvgIpc) is 3.51. The number of nitrogens with zero attached hydrogens (tertiary/aromatic N) is 4. The Kier molecular flexibility index (Phi) is 4.57. The number of aryl methyl sites for hydroxylation is 3. The summed E-state index contributed by atoms with van der Waals surface area (Å²) in [5.74, 6) is 1.35. The van der Waals surface area contributed by atoms with Crippen LogP contribution in [0.2, 0.25) is 0 Å². The average molecular weight is 448 g/mol. The summed E-state index contributed by atoms with van der Waals surface area (Å²) in [7, 11) is 0. The number of rotatable bonds is 5. The van der Waals surface area contributed by atoms with E-state index in [4.69, 9.17) is 4.98 Å². The molecule has 5 aromatic rings. The lowest BCUT2D eigenvalue weighted by molar-refractivity contribution is 0.102. The van der Waals surface area contributed by atoms with Crippen LogP contribution in [0, 0.1) is 0 Å². The predicted molar refractivity (Wildman–Crippen MR) is 126 cm³/mol. The Morgan fingerprint density at radius 1 is 1.23 bits per heavy atom. The van der Waals surface area contributed by atoms with Gasteiger partial charge >= 0.3 is 0 Å². The van der Waals surface area contributed by atoms with Gasteiger partial charge < -0.3 is 4.98 Å². The van der Waals surface area contributed by atoms with Crippen molar-refractivity contribution in [3.8, 4) is 0 Å². The summed E-state index contributed by atoms with van der Waals surface area (Å²) in [6.45, 7) is 2.10. The van der Waals surface area contributed by atoms with Crippen molar-refractivity contribution in [1.82, 2.24) is 24.6 Å². The number of carbonyl (C=O) groups is 1. The zero-order chi connectivity index (χ0) is 20.9. The van der Waals surface area contributed by atoms with E-state index in [0.29, 0.717) is 5.75 Å². The summed E-state index contributed by atoms with van der Waals surface area (Å²) in [5, 5.41) is 11.9. The monoisotopic (exact) mass is 447 g/mol. The first-order valence-electron chi connectivity index (χ1n) is 10.6. The van der Waals surface area contributed by atoms with Crippen LogP contribution in [0.4, 0.5) is 0 Å². The molecule has 0 spiro atoms. The Morgan fingerprint density at radius 2 is 2.10 bits per heavy atom. The minimum atomic E-state index is 0.0826.